The molecule has 2 atom stereocenters. The summed E-state index contributed by atoms with van der Waals surface area (Å²) >= 11 is 0. The minimum Gasteiger partial charge on any atom is -0.339 e. The number of rotatable bonds is 4. The second-order valence-corrected chi connectivity index (χ2v) is 7.59. The van der Waals surface area contributed by atoms with Crippen LogP contribution in [0.1, 0.15) is 24.1 Å². The van der Waals surface area contributed by atoms with E-state index < -0.39 is 6.43 Å². The molecule has 3 aliphatic heterocycles. The van der Waals surface area contributed by atoms with Gasteiger partial charge in [0.05, 0.1) is 11.0 Å². The van der Waals surface area contributed by atoms with Crippen molar-refractivity contribution in [3.63, 3.8) is 0 Å². The Morgan fingerprint density at radius 2 is 1.89 bits per heavy atom. The molecule has 3 aliphatic rings. The third-order valence-corrected chi connectivity index (χ3v) is 5.89. The highest BCUT2D eigenvalue weighted by Crippen LogP contribution is 2.37. The first-order valence-corrected chi connectivity index (χ1v) is 9.24. The maximum Gasteiger partial charge on any atom is 0.282 e. The average molecular weight is 372 g/mol. The van der Waals surface area contributed by atoms with Crippen LogP contribution in [0.4, 0.5) is 14.7 Å². The van der Waals surface area contributed by atoms with Crippen molar-refractivity contribution in [1.82, 2.24) is 24.2 Å². The first-order chi connectivity index (χ1) is 13.0. The van der Waals surface area contributed by atoms with Crippen molar-refractivity contribution in [2.24, 2.45) is 14.1 Å². The number of piperazine rings is 1. The van der Waals surface area contributed by atoms with E-state index in [0.29, 0.717) is 24.2 Å². The second-order valence-electron chi connectivity index (χ2n) is 7.59. The molecule has 142 valence electrons. The molecule has 5 heterocycles. The quantitative estimate of drug-likeness (QED) is 0.706. The zero-order chi connectivity index (χ0) is 18.7. The van der Waals surface area contributed by atoms with E-state index in [4.69, 9.17) is 4.98 Å². The highest BCUT2D eigenvalue weighted by atomic mass is 19.3. The first kappa shape index (κ1) is 16.7. The lowest BCUT2D eigenvalue weighted by Crippen LogP contribution is -2.68. The van der Waals surface area contributed by atoms with Crippen LogP contribution in [0, 0.1) is 0 Å². The van der Waals surface area contributed by atoms with Crippen LogP contribution < -0.4 is 4.90 Å². The number of benzene rings is 1. The molecule has 27 heavy (non-hydrogen) atoms. The largest absolute Gasteiger partial charge is 0.339 e. The number of hydrogen-bond donors (Lipinski definition) is 0. The van der Waals surface area contributed by atoms with Crippen LogP contribution in [0.25, 0.3) is 11.0 Å². The molecule has 2 aromatic heterocycles. The van der Waals surface area contributed by atoms with Gasteiger partial charge in [-0.2, -0.15) is 5.10 Å². The fraction of sp³-hybridized carbons (Fsp3) is 0.474. The Labute approximate surface area is 156 Å². The maximum atomic E-state index is 13.2. The van der Waals surface area contributed by atoms with Gasteiger partial charge >= 0.3 is 0 Å². The number of imidazole rings is 1. The monoisotopic (exact) mass is 372 g/mol. The Bertz CT molecular complexity index is 981. The molecule has 0 radical (unpaired) electrons. The predicted octanol–water partition coefficient (Wildman–Crippen LogP) is 2.71. The molecule has 3 saturated heterocycles. The van der Waals surface area contributed by atoms with E-state index in [2.05, 4.69) is 25.5 Å². The van der Waals surface area contributed by atoms with Gasteiger partial charge in [0.15, 0.2) is 0 Å². The predicted molar refractivity (Wildman–Crippen MR) is 98.8 cm³/mol. The molecule has 0 amide bonds. The molecule has 0 N–H and O–H groups in total. The number of nitrogens with zero attached hydrogens (tertiary/aromatic N) is 6. The van der Waals surface area contributed by atoms with E-state index in [-0.39, 0.29) is 5.69 Å². The van der Waals surface area contributed by atoms with Gasteiger partial charge in [-0.3, -0.25) is 9.58 Å². The van der Waals surface area contributed by atoms with Crippen LogP contribution in [0.2, 0.25) is 0 Å². The molecule has 1 aromatic carbocycles. The summed E-state index contributed by atoms with van der Waals surface area (Å²) in [7, 11) is 3.74. The molecule has 0 spiro atoms. The Morgan fingerprint density at radius 3 is 2.59 bits per heavy atom. The molecule has 2 unspecified atom stereocenters. The minimum atomic E-state index is -2.53. The summed E-state index contributed by atoms with van der Waals surface area (Å²) in [5.74, 6) is 0.986. The normalized spacial score (nSPS) is 22.6. The molecule has 6 rings (SSSR count). The van der Waals surface area contributed by atoms with E-state index >= 15 is 0 Å². The number of halogens is 2. The lowest BCUT2D eigenvalue weighted by atomic mass is 9.87. The fourth-order valence-corrected chi connectivity index (χ4v) is 4.58. The van der Waals surface area contributed by atoms with Gasteiger partial charge in [0.1, 0.15) is 5.69 Å². The summed E-state index contributed by atoms with van der Waals surface area (Å²) in [6.07, 6.45) is 0.308. The van der Waals surface area contributed by atoms with Crippen LogP contribution in [0.3, 0.4) is 0 Å². The van der Waals surface area contributed by atoms with Gasteiger partial charge in [-0.1, -0.05) is 12.1 Å². The van der Waals surface area contributed by atoms with Gasteiger partial charge in [0.25, 0.3) is 6.43 Å². The number of para-hydroxylation sites is 2. The molecule has 0 saturated carbocycles. The minimum absolute atomic E-state index is 0.0883. The molecule has 6 nitrogen and oxygen atoms in total. The number of aromatic nitrogens is 4. The number of alkyl halides is 2. The summed E-state index contributed by atoms with van der Waals surface area (Å²) in [4.78, 5) is 9.46. The summed E-state index contributed by atoms with van der Waals surface area (Å²) in [6, 6.07) is 8.88. The first-order valence-electron chi connectivity index (χ1n) is 9.24. The third kappa shape index (κ3) is 2.62. The number of anilines is 1. The van der Waals surface area contributed by atoms with Gasteiger partial charge in [0, 0.05) is 57.6 Å². The van der Waals surface area contributed by atoms with E-state index in [0.717, 1.165) is 36.5 Å². The second kappa shape index (κ2) is 6.02. The van der Waals surface area contributed by atoms with E-state index in [1.807, 2.05) is 25.2 Å². The molecule has 3 fully saturated rings. The van der Waals surface area contributed by atoms with Crippen LogP contribution in [0.15, 0.2) is 30.5 Å². The number of hydrogen-bond acceptors (Lipinski definition) is 4. The standard InChI is InChI=1S/C19H22F2N6/c1-24-8-12(17(23-24)18(20)21)9-27-13-7-14(27)11-26(10-13)19-22-15-5-3-4-6-16(15)25(19)2/h3-6,8,13-14,18H,7,9-11H2,1-2H3. The van der Waals surface area contributed by atoms with Gasteiger partial charge in [-0.05, 0) is 18.6 Å². The van der Waals surface area contributed by atoms with Crippen molar-refractivity contribution in [3.05, 3.63) is 41.7 Å². The zero-order valence-corrected chi connectivity index (χ0v) is 15.4. The Morgan fingerprint density at radius 1 is 1.15 bits per heavy atom. The van der Waals surface area contributed by atoms with Crippen molar-refractivity contribution in [3.8, 4) is 0 Å². The zero-order valence-electron chi connectivity index (χ0n) is 15.4. The number of piperidine rings is 1. The highest BCUT2D eigenvalue weighted by Gasteiger charge is 2.45. The summed E-state index contributed by atoms with van der Waals surface area (Å²) in [5.41, 5.74) is 2.68. The van der Waals surface area contributed by atoms with Crippen molar-refractivity contribution < 1.29 is 8.78 Å². The molecule has 2 bridgehead atoms. The van der Waals surface area contributed by atoms with E-state index in [9.17, 15) is 8.78 Å². The Kier molecular flexibility index (Phi) is 3.72. The van der Waals surface area contributed by atoms with Crippen molar-refractivity contribution in [2.75, 3.05) is 18.0 Å². The van der Waals surface area contributed by atoms with Gasteiger partial charge in [-0.15, -0.1) is 0 Å². The van der Waals surface area contributed by atoms with Crippen LogP contribution in [-0.4, -0.2) is 49.4 Å². The molecule has 0 aliphatic carbocycles. The van der Waals surface area contributed by atoms with Crippen molar-refractivity contribution in [2.45, 2.75) is 31.5 Å². The van der Waals surface area contributed by atoms with Crippen LogP contribution >= 0.6 is 0 Å². The van der Waals surface area contributed by atoms with Crippen molar-refractivity contribution >= 4 is 17.0 Å². The average Bonchev–Trinajstić information content (AvgIpc) is 3.20. The fourth-order valence-electron chi connectivity index (χ4n) is 4.58. The smallest absolute Gasteiger partial charge is 0.282 e. The lowest BCUT2D eigenvalue weighted by Gasteiger charge is -2.56. The molecule has 3 aromatic rings. The SMILES string of the molecule is Cn1cc(CN2C3CC2CN(c2nc4ccccc4n2C)C3)c(C(F)F)n1. The Balaban J connectivity index is 1.34. The summed E-state index contributed by atoms with van der Waals surface area (Å²) < 4.78 is 30.1. The summed E-state index contributed by atoms with van der Waals surface area (Å²) in [6.45, 7) is 2.29. The molecule has 8 heteroatoms. The third-order valence-electron chi connectivity index (χ3n) is 5.89. The van der Waals surface area contributed by atoms with Crippen LogP contribution in [-0.2, 0) is 20.6 Å². The van der Waals surface area contributed by atoms with Gasteiger partial charge < -0.3 is 9.47 Å². The van der Waals surface area contributed by atoms with Gasteiger partial charge in [-0.25, -0.2) is 13.8 Å². The lowest BCUT2D eigenvalue weighted by molar-refractivity contribution is -0.0100. The Hall–Kier alpha value is -2.48. The molecular formula is C19H22F2N6. The van der Waals surface area contributed by atoms with Crippen LogP contribution in [0.5, 0.6) is 0 Å². The molecular weight excluding hydrogens is 350 g/mol. The maximum absolute atomic E-state index is 13.2. The summed E-state index contributed by atoms with van der Waals surface area (Å²) in [5, 5.41) is 3.93. The number of aryl methyl sites for hydroxylation is 2. The van der Waals surface area contributed by atoms with Crippen molar-refractivity contribution in [1.29, 1.82) is 0 Å². The highest BCUT2D eigenvalue weighted by molar-refractivity contribution is 5.78. The van der Waals surface area contributed by atoms with E-state index in [1.54, 1.807) is 13.2 Å². The topological polar surface area (TPSA) is 42.1 Å². The van der Waals surface area contributed by atoms with Gasteiger partial charge in [0.2, 0.25) is 5.95 Å². The number of fused-ring (bicyclic) bond motifs is 3. The van der Waals surface area contributed by atoms with E-state index in [1.165, 1.54) is 4.68 Å².